The number of rotatable bonds is 4. The average Bonchev–Trinajstić information content (AvgIpc) is 3.48. The normalized spacial score (nSPS) is 15.2. The highest BCUT2D eigenvalue weighted by atomic mass is 16.5. The van der Waals surface area contributed by atoms with Gasteiger partial charge >= 0.3 is 0 Å². The molecule has 1 atom stereocenters. The number of aromatic nitrogens is 1. The SMILES string of the molecule is Cc1ccccc1-c1c(C)ccc2c1C(C)(c1ccccc1)c1ccc3c(c1O2)c1ccccc1n3-c1ccc(-c2ccccc2)cc1. The molecule has 1 aliphatic rings. The van der Waals surface area contributed by atoms with E-state index in [0.29, 0.717) is 0 Å². The monoisotopic (exact) mass is 617 g/mol. The molecule has 0 amide bonds. The van der Waals surface area contributed by atoms with Crippen molar-refractivity contribution in [2.45, 2.75) is 26.2 Å². The lowest BCUT2D eigenvalue weighted by atomic mass is 9.66. The molecule has 0 N–H and O–H groups in total. The van der Waals surface area contributed by atoms with Crippen LogP contribution in [-0.4, -0.2) is 4.57 Å². The molecule has 1 unspecified atom stereocenters. The number of nitrogens with zero attached hydrogens (tertiary/aromatic N) is 1. The molecule has 0 radical (unpaired) electrons. The van der Waals surface area contributed by atoms with E-state index < -0.39 is 5.41 Å². The van der Waals surface area contributed by atoms with Gasteiger partial charge in [0, 0.05) is 22.2 Å². The zero-order valence-corrected chi connectivity index (χ0v) is 27.4. The summed E-state index contributed by atoms with van der Waals surface area (Å²) in [5.74, 6) is 1.84. The molecule has 2 nitrogen and oxygen atoms in total. The number of hydrogen-bond donors (Lipinski definition) is 0. The van der Waals surface area contributed by atoms with Crippen LogP contribution in [0.4, 0.5) is 0 Å². The van der Waals surface area contributed by atoms with Gasteiger partial charge < -0.3 is 9.30 Å². The first-order valence-electron chi connectivity index (χ1n) is 16.7. The van der Waals surface area contributed by atoms with Crippen molar-refractivity contribution in [3.05, 3.63) is 186 Å². The van der Waals surface area contributed by atoms with Gasteiger partial charge in [0.15, 0.2) is 0 Å². The van der Waals surface area contributed by atoms with Crippen molar-refractivity contribution in [2.75, 3.05) is 0 Å². The van der Waals surface area contributed by atoms with Gasteiger partial charge in [0.2, 0.25) is 0 Å². The third-order valence-electron chi connectivity index (χ3n) is 10.4. The van der Waals surface area contributed by atoms with E-state index in [1.54, 1.807) is 0 Å². The number of aryl methyl sites for hydroxylation is 2. The van der Waals surface area contributed by atoms with Gasteiger partial charge in [-0.1, -0.05) is 127 Å². The first-order valence-corrected chi connectivity index (χ1v) is 16.7. The summed E-state index contributed by atoms with van der Waals surface area (Å²) in [7, 11) is 0. The van der Waals surface area contributed by atoms with Crippen LogP contribution in [-0.2, 0) is 5.41 Å². The summed E-state index contributed by atoms with van der Waals surface area (Å²) >= 11 is 0. The Kier molecular flexibility index (Phi) is 6.42. The van der Waals surface area contributed by atoms with Gasteiger partial charge in [-0.05, 0) is 90.0 Å². The summed E-state index contributed by atoms with van der Waals surface area (Å²) in [4.78, 5) is 0. The van der Waals surface area contributed by atoms with E-state index in [4.69, 9.17) is 4.74 Å². The Hall–Kier alpha value is -5.86. The van der Waals surface area contributed by atoms with Gasteiger partial charge in [0.1, 0.15) is 11.5 Å². The lowest BCUT2D eigenvalue weighted by molar-refractivity contribution is 0.433. The molecule has 0 aliphatic carbocycles. The van der Waals surface area contributed by atoms with Crippen LogP contribution < -0.4 is 4.74 Å². The smallest absolute Gasteiger partial charge is 0.141 e. The molecule has 230 valence electrons. The minimum Gasteiger partial charge on any atom is -0.456 e. The largest absolute Gasteiger partial charge is 0.456 e. The highest BCUT2D eigenvalue weighted by Crippen LogP contribution is 2.58. The molecule has 9 rings (SSSR count). The fraction of sp³-hybridized carbons (Fsp3) is 0.0870. The van der Waals surface area contributed by atoms with E-state index >= 15 is 0 Å². The first-order chi connectivity index (χ1) is 23.5. The van der Waals surface area contributed by atoms with Gasteiger partial charge in [-0.25, -0.2) is 0 Å². The third kappa shape index (κ3) is 4.12. The second-order valence-electron chi connectivity index (χ2n) is 13.1. The second kappa shape index (κ2) is 10.9. The molecule has 0 saturated carbocycles. The second-order valence-corrected chi connectivity index (χ2v) is 13.1. The van der Waals surface area contributed by atoms with Crippen molar-refractivity contribution >= 4 is 21.8 Å². The van der Waals surface area contributed by atoms with E-state index in [2.05, 4.69) is 183 Å². The Morgan fingerprint density at radius 2 is 1.21 bits per heavy atom. The van der Waals surface area contributed by atoms with Crippen LogP contribution in [0.5, 0.6) is 11.5 Å². The minimum absolute atomic E-state index is 0.470. The fourth-order valence-electron chi connectivity index (χ4n) is 8.03. The van der Waals surface area contributed by atoms with Crippen molar-refractivity contribution in [1.82, 2.24) is 4.57 Å². The zero-order valence-electron chi connectivity index (χ0n) is 27.4. The van der Waals surface area contributed by atoms with Crippen LogP contribution in [0.15, 0.2) is 158 Å². The summed E-state index contributed by atoms with van der Waals surface area (Å²) in [6, 6.07) is 56.9. The highest BCUT2D eigenvalue weighted by Gasteiger charge is 2.43. The van der Waals surface area contributed by atoms with E-state index in [0.717, 1.165) is 33.6 Å². The summed E-state index contributed by atoms with van der Waals surface area (Å²) in [5.41, 5.74) is 14.0. The van der Waals surface area contributed by atoms with Gasteiger partial charge in [-0.3, -0.25) is 0 Å². The minimum atomic E-state index is -0.470. The maximum Gasteiger partial charge on any atom is 0.141 e. The van der Waals surface area contributed by atoms with Crippen molar-refractivity contribution in [3.8, 4) is 39.4 Å². The summed E-state index contributed by atoms with van der Waals surface area (Å²) in [6.07, 6.45) is 0. The molecule has 7 aromatic carbocycles. The molecule has 0 spiro atoms. The van der Waals surface area contributed by atoms with E-state index in [1.165, 1.54) is 55.5 Å². The number of fused-ring (bicyclic) bond motifs is 6. The first kappa shape index (κ1) is 28.4. The highest BCUT2D eigenvalue weighted by molar-refractivity contribution is 6.13. The number of hydrogen-bond acceptors (Lipinski definition) is 1. The Morgan fingerprint density at radius 1 is 0.542 bits per heavy atom. The molecule has 2 heteroatoms. The molecule has 0 saturated heterocycles. The summed E-state index contributed by atoms with van der Waals surface area (Å²) in [5, 5.41) is 2.32. The molecule has 1 aliphatic heterocycles. The molecule has 0 bridgehead atoms. The fourth-order valence-corrected chi connectivity index (χ4v) is 8.03. The maximum atomic E-state index is 7.19. The summed E-state index contributed by atoms with van der Waals surface area (Å²) < 4.78 is 9.57. The maximum absolute atomic E-state index is 7.19. The lowest BCUT2D eigenvalue weighted by Gasteiger charge is -2.40. The summed E-state index contributed by atoms with van der Waals surface area (Å²) in [6.45, 7) is 6.82. The van der Waals surface area contributed by atoms with Crippen molar-refractivity contribution in [2.24, 2.45) is 0 Å². The standard InChI is InChI=1S/C46H35NO/c1-30-14-10-11-19-36(30)42-31(2)22-29-41-44(42)46(3,34-17-8-5-9-18-34)38-27-28-40-43(45(38)48-41)37-20-12-13-21-39(37)47(40)35-25-23-33(24-26-35)32-15-6-4-7-16-32/h4-29H,1-3H3. The predicted molar refractivity (Wildman–Crippen MR) is 200 cm³/mol. The van der Waals surface area contributed by atoms with Crippen molar-refractivity contribution in [1.29, 1.82) is 0 Å². The van der Waals surface area contributed by atoms with E-state index in [1.807, 2.05) is 0 Å². The Morgan fingerprint density at radius 3 is 1.98 bits per heavy atom. The van der Waals surface area contributed by atoms with Crippen LogP contribution in [0, 0.1) is 13.8 Å². The van der Waals surface area contributed by atoms with Crippen LogP contribution >= 0.6 is 0 Å². The van der Waals surface area contributed by atoms with Gasteiger partial charge in [0.25, 0.3) is 0 Å². The Balaban J connectivity index is 1.33. The molecular weight excluding hydrogens is 583 g/mol. The third-order valence-corrected chi connectivity index (χ3v) is 10.4. The lowest BCUT2D eigenvalue weighted by Crippen LogP contribution is -2.30. The van der Waals surface area contributed by atoms with Crippen LogP contribution in [0.2, 0.25) is 0 Å². The topological polar surface area (TPSA) is 14.2 Å². The van der Waals surface area contributed by atoms with Gasteiger partial charge in [0.05, 0.1) is 21.8 Å². The number of ether oxygens (including phenoxy) is 1. The van der Waals surface area contributed by atoms with E-state index in [-0.39, 0.29) is 0 Å². The Labute approximate surface area is 281 Å². The molecule has 1 aromatic heterocycles. The predicted octanol–water partition coefficient (Wildman–Crippen LogP) is 12.2. The van der Waals surface area contributed by atoms with Gasteiger partial charge in [-0.15, -0.1) is 0 Å². The Bertz CT molecular complexity index is 2490. The molecule has 0 fully saturated rings. The van der Waals surface area contributed by atoms with Crippen molar-refractivity contribution < 1.29 is 4.74 Å². The molecular formula is C46H35NO. The molecule has 8 aromatic rings. The zero-order chi connectivity index (χ0) is 32.4. The quantitative estimate of drug-likeness (QED) is 0.192. The number of benzene rings is 7. The van der Waals surface area contributed by atoms with Crippen LogP contribution in [0.25, 0.3) is 49.7 Å². The number of para-hydroxylation sites is 1. The van der Waals surface area contributed by atoms with Crippen LogP contribution in [0.1, 0.15) is 34.7 Å². The van der Waals surface area contributed by atoms with E-state index in [9.17, 15) is 0 Å². The van der Waals surface area contributed by atoms with Crippen LogP contribution in [0.3, 0.4) is 0 Å². The average molecular weight is 618 g/mol. The molecule has 2 heterocycles. The van der Waals surface area contributed by atoms with Crippen molar-refractivity contribution in [3.63, 3.8) is 0 Å². The molecule has 48 heavy (non-hydrogen) atoms. The van der Waals surface area contributed by atoms with Gasteiger partial charge in [-0.2, -0.15) is 0 Å².